The Morgan fingerprint density at radius 2 is 1.42 bits per heavy atom. The third-order valence-corrected chi connectivity index (χ3v) is 5.15. The summed E-state index contributed by atoms with van der Waals surface area (Å²) in [7, 11) is 0. The Balaban J connectivity index is 0.00000667. The minimum atomic E-state index is -1.17. The van der Waals surface area contributed by atoms with Crippen LogP contribution in [0, 0.1) is 11.8 Å². The van der Waals surface area contributed by atoms with E-state index in [4.69, 9.17) is 14.9 Å². The highest BCUT2D eigenvalue weighted by molar-refractivity contribution is 6.02. The van der Waals surface area contributed by atoms with E-state index in [1.54, 1.807) is 26.0 Å². The molecule has 11 heteroatoms. The fraction of sp³-hybridized carbons (Fsp3) is 0.593. The lowest BCUT2D eigenvalue weighted by Gasteiger charge is -2.18. The number of hydrogen-bond acceptors (Lipinski definition) is 8. The van der Waals surface area contributed by atoms with E-state index < -0.39 is 30.9 Å². The Hall–Kier alpha value is -3.31. The van der Waals surface area contributed by atoms with Crippen LogP contribution < -0.4 is 10.6 Å². The van der Waals surface area contributed by atoms with Crippen LogP contribution in [0.25, 0.3) is 0 Å². The van der Waals surface area contributed by atoms with Crippen LogP contribution in [-0.2, 0) is 19.1 Å². The van der Waals surface area contributed by atoms with E-state index in [-0.39, 0.29) is 42.1 Å². The van der Waals surface area contributed by atoms with Gasteiger partial charge in [-0.1, -0.05) is 41.5 Å². The number of amides is 1. The standard InChI is InChI=1S/C25H37N3O8.C2H6/c1-16(2)21(29)5-9-36-10-7-26-20-12-18(24(34)17(3)4)11-19(13-20)25(35)27-6-8-28(14-22(30)31)15-23(32)33;1-2/h11-13,16-17,26H,5-10,14-15H2,1-4H3,(H,27,35)(H,30,31)(H,32,33);1-2H3. The molecule has 0 radical (unpaired) electrons. The van der Waals surface area contributed by atoms with Crippen molar-refractivity contribution in [3.05, 3.63) is 29.3 Å². The summed E-state index contributed by atoms with van der Waals surface area (Å²) in [6.45, 7) is 11.3. The van der Waals surface area contributed by atoms with Crippen molar-refractivity contribution in [2.75, 3.05) is 51.3 Å². The summed E-state index contributed by atoms with van der Waals surface area (Å²) < 4.78 is 5.48. The zero-order valence-corrected chi connectivity index (χ0v) is 23.3. The zero-order valence-electron chi connectivity index (χ0n) is 23.3. The first-order valence-corrected chi connectivity index (χ1v) is 12.9. The molecule has 0 unspecified atom stereocenters. The topological polar surface area (TPSA) is 162 Å². The minimum absolute atomic E-state index is 0.0213. The molecule has 0 aromatic heterocycles. The number of carboxylic acid groups (broad SMARTS) is 2. The SMILES string of the molecule is CC.CC(C)C(=O)CCOCCNc1cc(C(=O)NCCN(CC(=O)O)CC(=O)O)cc(C(=O)C(C)C)c1. The van der Waals surface area contributed by atoms with Crippen molar-refractivity contribution in [2.45, 2.75) is 48.0 Å². The number of rotatable bonds is 18. The predicted molar refractivity (Wildman–Crippen MR) is 145 cm³/mol. The number of aliphatic carboxylic acids is 2. The number of ether oxygens (including phenoxy) is 1. The average Bonchev–Trinajstić information content (AvgIpc) is 2.85. The molecule has 0 atom stereocenters. The van der Waals surface area contributed by atoms with Crippen molar-refractivity contribution in [1.29, 1.82) is 0 Å². The summed E-state index contributed by atoms with van der Waals surface area (Å²) >= 11 is 0. The van der Waals surface area contributed by atoms with E-state index in [0.29, 0.717) is 37.4 Å². The molecule has 1 amide bonds. The van der Waals surface area contributed by atoms with Crippen LogP contribution in [0.5, 0.6) is 0 Å². The lowest BCUT2D eigenvalue weighted by molar-refractivity contribution is -0.141. The van der Waals surface area contributed by atoms with E-state index in [1.165, 1.54) is 11.0 Å². The molecular formula is C27H43N3O8. The second-order valence-electron chi connectivity index (χ2n) is 8.98. The summed E-state index contributed by atoms with van der Waals surface area (Å²) in [5.74, 6) is -3.14. The molecule has 0 fully saturated rings. The third-order valence-electron chi connectivity index (χ3n) is 5.15. The maximum absolute atomic E-state index is 12.7. The molecule has 0 aliphatic rings. The van der Waals surface area contributed by atoms with Gasteiger partial charge in [0.15, 0.2) is 5.78 Å². The zero-order chi connectivity index (χ0) is 29.3. The molecule has 214 valence electrons. The number of nitrogens with zero attached hydrogens (tertiary/aromatic N) is 1. The molecular weight excluding hydrogens is 494 g/mol. The number of carboxylic acids is 2. The third kappa shape index (κ3) is 14.4. The molecule has 1 aromatic rings. The molecule has 0 heterocycles. The van der Waals surface area contributed by atoms with Crippen molar-refractivity contribution < 1.29 is 38.9 Å². The van der Waals surface area contributed by atoms with Crippen LogP contribution in [0.1, 0.15) is 68.7 Å². The molecule has 4 N–H and O–H groups in total. The van der Waals surface area contributed by atoms with E-state index in [9.17, 15) is 24.0 Å². The number of nitrogens with one attached hydrogen (secondary N) is 2. The summed E-state index contributed by atoms with van der Waals surface area (Å²) in [4.78, 5) is 60.0. The van der Waals surface area contributed by atoms with Gasteiger partial charge in [-0.25, -0.2) is 0 Å². The minimum Gasteiger partial charge on any atom is -0.480 e. The monoisotopic (exact) mass is 537 g/mol. The van der Waals surface area contributed by atoms with Crippen molar-refractivity contribution >= 4 is 35.1 Å². The Bertz CT molecular complexity index is 915. The second kappa shape index (κ2) is 18.9. The number of ketones is 2. The smallest absolute Gasteiger partial charge is 0.317 e. The Morgan fingerprint density at radius 3 is 1.95 bits per heavy atom. The highest BCUT2D eigenvalue weighted by Gasteiger charge is 2.17. The lowest BCUT2D eigenvalue weighted by Crippen LogP contribution is -2.40. The van der Waals surface area contributed by atoms with Gasteiger partial charge in [0.1, 0.15) is 5.78 Å². The second-order valence-corrected chi connectivity index (χ2v) is 8.98. The predicted octanol–water partition coefficient (Wildman–Crippen LogP) is 2.80. The number of carbonyl (C=O) groups excluding carboxylic acids is 3. The molecule has 0 saturated carbocycles. The lowest BCUT2D eigenvalue weighted by atomic mass is 9.98. The number of hydrogen-bond donors (Lipinski definition) is 4. The van der Waals surface area contributed by atoms with Crippen molar-refractivity contribution in [3.8, 4) is 0 Å². The van der Waals surface area contributed by atoms with Crippen LogP contribution in [0.3, 0.4) is 0 Å². The van der Waals surface area contributed by atoms with E-state index in [0.717, 1.165) is 0 Å². The molecule has 38 heavy (non-hydrogen) atoms. The van der Waals surface area contributed by atoms with Crippen LogP contribution in [0.2, 0.25) is 0 Å². The first kappa shape index (κ1) is 34.7. The van der Waals surface area contributed by atoms with Gasteiger partial charge in [-0.05, 0) is 18.2 Å². The van der Waals surface area contributed by atoms with Gasteiger partial charge in [-0.2, -0.15) is 0 Å². The molecule has 0 bridgehead atoms. The molecule has 0 aliphatic carbocycles. The fourth-order valence-electron chi connectivity index (χ4n) is 3.19. The number of anilines is 1. The first-order chi connectivity index (χ1) is 17.9. The molecule has 0 aliphatic heterocycles. The number of Topliss-reactive ketones (excluding diaryl/α,β-unsaturated/α-hetero) is 2. The first-order valence-electron chi connectivity index (χ1n) is 12.9. The fourth-order valence-corrected chi connectivity index (χ4v) is 3.19. The van der Waals surface area contributed by atoms with Gasteiger partial charge < -0.3 is 25.6 Å². The molecule has 1 aromatic carbocycles. The number of benzene rings is 1. The summed E-state index contributed by atoms with van der Waals surface area (Å²) in [5, 5.41) is 23.6. The highest BCUT2D eigenvalue weighted by Crippen LogP contribution is 2.18. The molecule has 0 spiro atoms. The maximum Gasteiger partial charge on any atom is 0.317 e. The van der Waals surface area contributed by atoms with Crippen molar-refractivity contribution in [2.24, 2.45) is 11.8 Å². The summed E-state index contributed by atoms with van der Waals surface area (Å²) in [6.07, 6.45) is 0.344. The quantitative estimate of drug-likeness (QED) is 0.162. The summed E-state index contributed by atoms with van der Waals surface area (Å²) in [5.41, 5.74) is 1.14. The Kier molecular flexibility index (Phi) is 17.2. The summed E-state index contributed by atoms with van der Waals surface area (Å²) in [6, 6.07) is 4.73. The van der Waals surface area contributed by atoms with Crippen molar-refractivity contribution in [1.82, 2.24) is 10.2 Å². The molecule has 11 nitrogen and oxygen atoms in total. The number of carbonyl (C=O) groups is 5. The van der Waals surface area contributed by atoms with Gasteiger partial charge in [0, 0.05) is 54.7 Å². The normalized spacial score (nSPS) is 10.7. The van der Waals surface area contributed by atoms with E-state index in [2.05, 4.69) is 10.6 Å². The van der Waals surface area contributed by atoms with E-state index >= 15 is 0 Å². The van der Waals surface area contributed by atoms with Gasteiger partial charge in [-0.15, -0.1) is 0 Å². The Labute approximate surface area is 224 Å². The van der Waals surface area contributed by atoms with Gasteiger partial charge in [0.2, 0.25) is 0 Å². The average molecular weight is 538 g/mol. The van der Waals surface area contributed by atoms with Gasteiger partial charge in [0.25, 0.3) is 5.91 Å². The Morgan fingerprint density at radius 1 is 0.842 bits per heavy atom. The van der Waals surface area contributed by atoms with Gasteiger partial charge >= 0.3 is 11.9 Å². The van der Waals surface area contributed by atoms with Crippen LogP contribution >= 0.6 is 0 Å². The van der Waals surface area contributed by atoms with Crippen LogP contribution in [0.4, 0.5) is 5.69 Å². The highest BCUT2D eigenvalue weighted by atomic mass is 16.5. The molecule has 1 rings (SSSR count). The van der Waals surface area contributed by atoms with Crippen LogP contribution in [0.15, 0.2) is 18.2 Å². The molecule has 0 saturated heterocycles. The van der Waals surface area contributed by atoms with E-state index in [1.807, 2.05) is 27.7 Å². The van der Waals surface area contributed by atoms with Crippen LogP contribution in [-0.4, -0.2) is 90.5 Å². The van der Waals surface area contributed by atoms with Crippen molar-refractivity contribution in [3.63, 3.8) is 0 Å². The van der Waals surface area contributed by atoms with Gasteiger partial charge in [0.05, 0.1) is 26.3 Å². The largest absolute Gasteiger partial charge is 0.480 e. The maximum atomic E-state index is 12.7. The van der Waals surface area contributed by atoms with Gasteiger partial charge in [-0.3, -0.25) is 28.9 Å².